The number of hydrogen-bond acceptors (Lipinski definition) is 5. The number of nitrogens with one attached hydrogen (secondary N) is 1. The van der Waals surface area contributed by atoms with Crippen LogP contribution in [0.15, 0.2) is 23.1 Å². The van der Waals surface area contributed by atoms with Crippen LogP contribution in [0.1, 0.15) is 18.4 Å². The number of non-ortho nitro benzene ring substituents is 1. The lowest BCUT2D eigenvalue weighted by molar-refractivity contribution is -0.385. The molecule has 1 aliphatic heterocycles. The molecule has 1 N–H and O–H groups in total. The lowest BCUT2D eigenvalue weighted by Crippen LogP contribution is -2.44. The molecule has 0 spiro atoms. The molecule has 8 heteroatoms. The molecule has 7 nitrogen and oxygen atoms in total. The largest absolute Gasteiger partial charge is 0.317 e. The zero-order valence-corrected chi connectivity index (χ0v) is 12.9. The van der Waals surface area contributed by atoms with Crippen molar-refractivity contribution in [3.63, 3.8) is 0 Å². The highest BCUT2D eigenvalue weighted by atomic mass is 32.2. The van der Waals surface area contributed by atoms with E-state index >= 15 is 0 Å². The summed E-state index contributed by atoms with van der Waals surface area (Å²) >= 11 is 0. The Hall–Kier alpha value is -1.51. The summed E-state index contributed by atoms with van der Waals surface area (Å²) < 4.78 is 26.8. The summed E-state index contributed by atoms with van der Waals surface area (Å²) in [5.41, 5.74) is 0.305. The summed E-state index contributed by atoms with van der Waals surface area (Å²) in [4.78, 5) is 10.3. The minimum absolute atomic E-state index is 0.0118. The predicted octanol–water partition coefficient (Wildman–Crippen LogP) is 1.28. The Balaban J connectivity index is 2.38. The lowest BCUT2D eigenvalue weighted by Gasteiger charge is -2.31. The van der Waals surface area contributed by atoms with Gasteiger partial charge in [0.1, 0.15) is 0 Å². The Kier molecular flexibility index (Phi) is 4.60. The SMILES string of the molecule is Cc1ccc([N+](=O)[O-])cc1S(=O)(=O)N(C)C1CCNCC1. The van der Waals surface area contributed by atoms with Gasteiger partial charge in [-0.25, -0.2) is 8.42 Å². The van der Waals surface area contributed by atoms with Crippen LogP contribution in [0.2, 0.25) is 0 Å². The van der Waals surface area contributed by atoms with Crippen LogP contribution in [0.4, 0.5) is 5.69 Å². The maximum atomic E-state index is 12.7. The summed E-state index contributed by atoms with van der Waals surface area (Å²) in [6.07, 6.45) is 1.48. The van der Waals surface area contributed by atoms with Crippen LogP contribution < -0.4 is 5.32 Å². The van der Waals surface area contributed by atoms with Crippen molar-refractivity contribution >= 4 is 15.7 Å². The van der Waals surface area contributed by atoms with E-state index in [1.54, 1.807) is 14.0 Å². The fourth-order valence-corrected chi connectivity index (χ4v) is 4.16. The second-order valence-corrected chi connectivity index (χ2v) is 7.18. The summed E-state index contributed by atoms with van der Waals surface area (Å²) in [5.74, 6) is 0. The van der Waals surface area contributed by atoms with Crippen LogP contribution in [0.5, 0.6) is 0 Å². The summed E-state index contributed by atoms with van der Waals surface area (Å²) in [6, 6.07) is 3.86. The number of rotatable bonds is 4. The van der Waals surface area contributed by atoms with Crippen molar-refractivity contribution in [3.8, 4) is 0 Å². The van der Waals surface area contributed by atoms with Gasteiger partial charge in [0.25, 0.3) is 5.69 Å². The second kappa shape index (κ2) is 6.08. The molecule has 1 fully saturated rings. The van der Waals surface area contributed by atoms with Gasteiger partial charge in [-0.1, -0.05) is 6.07 Å². The molecule has 0 unspecified atom stereocenters. The van der Waals surface area contributed by atoms with Crippen molar-refractivity contribution in [2.45, 2.75) is 30.7 Å². The number of sulfonamides is 1. The van der Waals surface area contributed by atoms with Gasteiger partial charge in [-0.15, -0.1) is 0 Å². The molecule has 0 aromatic heterocycles. The van der Waals surface area contributed by atoms with E-state index in [9.17, 15) is 18.5 Å². The standard InChI is InChI=1S/C13H19N3O4S/c1-10-3-4-12(16(17)18)9-13(10)21(19,20)15(2)11-5-7-14-8-6-11/h3-4,9,11,14H,5-8H2,1-2H3. The topological polar surface area (TPSA) is 92.5 Å². The van der Waals surface area contributed by atoms with Gasteiger partial charge in [-0.2, -0.15) is 4.31 Å². The third-order valence-electron chi connectivity index (χ3n) is 3.86. The van der Waals surface area contributed by atoms with Gasteiger partial charge in [-0.05, 0) is 38.4 Å². The van der Waals surface area contributed by atoms with Crippen LogP contribution in [0.25, 0.3) is 0 Å². The maximum absolute atomic E-state index is 12.7. The van der Waals surface area contributed by atoms with Crippen LogP contribution in [-0.2, 0) is 10.0 Å². The van der Waals surface area contributed by atoms with Crippen molar-refractivity contribution in [1.82, 2.24) is 9.62 Å². The number of hydrogen-bond donors (Lipinski definition) is 1. The van der Waals surface area contributed by atoms with E-state index in [4.69, 9.17) is 0 Å². The molecule has 21 heavy (non-hydrogen) atoms. The first kappa shape index (κ1) is 15.9. The average molecular weight is 313 g/mol. The number of nitro groups is 1. The molecule has 1 aliphatic rings. The van der Waals surface area contributed by atoms with Gasteiger partial charge < -0.3 is 5.32 Å². The third kappa shape index (κ3) is 3.22. The molecule has 1 heterocycles. The molecular weight excluding hydrogens is 294 g/mol. The Morgan fingerprint density at radius 3 is 2.52 bits per heavy atom. The molecule has 0 aliphatic carbocycles. The second-order valence-electron chi connectivity index (χ2n) is 5.21. The minimum atomic E-state index is -3.72. The lowest BCUT2D eigenvalue weighted by atomic mass is 10.1. The van der Waals surface area contributed by atoms with E-state index in [-0.39, 0.29) is 16.6 Å². The molecule has 0 saturated carbocycles. The van der Waals surface area contributed by atoms with E-state index in [1.807, 2.05) is 0 Å². The van der Waals surface area contributed by atoms with Crippen LogP contribution in [0, 0.1) is 17.0 Å². The van der Waals surface area contributed by atoms with E-state index in [1.165, 1.54) is 16.4 Å². The molecule has 0 atom stereocenters. The Morgan fingerprint density at radius 2 is 1.95 bits per heavy atom. The third-order valence-corrected chi connectivity index (χ3v) is 5.91. The van der Waals surface area contributed by atoms with Gasteiger partial charge in [0.15, 0.2) is 0 Å². The summed E-state index contributed by atoms with van der Waals surface area (Å²) in [7, 11) is -2.18. The quantitative estimate of drug-likeness (QED) is 0.667. The van der Waals surface area contributed by atoms with E-state index in [0.29, 0.717) is 5.56 Å². The number of nitro benzene ring substituents is 1. The first-order chi connectivity index (χ1) is 9.84. The normalized spacial score (nSPS) is 17.1. The van der Waals surface area contributed by atoms with E-state index < -0.39 is 14.9 Å². The van der Waals surface area contributed by atoms with Crippen LogP contribution in [-0.4, -0.2) is 43.8 Å². The van der Waals surface area contributed by atoms with Gasteiger partial charge in [-0.3, -0.25) is 10.1 Å². The van der Waals surface area contributed by atoms with E-state index in [0.717, 1.165) is 32.0 Å². The first-order valence-corrected chi connectivity index (χ1v) is 8.22. The van der Waals surface area contributed by atoms with Crippen molar-refractivity contribution < 1.29 is 13.3 Å². The van der Waals surface area contributed by atoms with Gasteiger partial charge in [0.2, 0.25) is 10.0 Å². The zero-order valence-electron chi connectivity index (χ0n) is 12.1. The predicted molar refractivity (Wildman–Crippen MR) is 78.7 cm³/mol. The monoisotopic (exact) mass is 313 g/mol. The van der Waals surface area contributed by atoms with Gasteiger partial charge in [0, 0.05) is 25.2 Å². The molecule has 0 radical (unpaired) electrons. The number of piperidine rings is 1. The average Bonchev–Trinajstić information content (AvgIpc) is 2.47. The van der Waals surface area contributed by atoms with Crippen LogP contribution >= 0.6 is 0 Å². The highest BCUT2D eigenvalue weighted by Crippen LogP contribution is 2.26. The van der Waals surface area contributed by atoms with Crippen molar-refractivity contribution in [2.24, 2.45) is 0 Å². The Bertz CT molecular complexity index is 639. The molecular formula is C13H19N3O4S. The smallest absolute Gasteiger partial charge is 0.270 e. The molecule has 116 valence electrons. The van der Waals surface area contributed by atoms with Crippen molar-refractivity contribution in [1.29, 1.82) is 0 Å². The molecule has 0 amide bonds. The highest BCUT2D eigenvalue weighted by Gasteiger charge is 2.31. The van der Waals surface area contributed by atoms with Crippen molar-refractivity contribution in [3.05, 3.63) is 33.9 Å². The summed E-state index contributed by atoms with van der Waals surface area (Å²) in [6.45, 7) is 3.20. The summed E-state index contributed by atoms with van der Waals surface area (Å²) in [5, 5.41) is 14.0. The number of aryl methyl sites for hydroxylation is 1. The Labute approximate surface area is 124 Å². The van der Waals surface area contributed by atoms with Gasteiger partial charge >= 0.3 is 0 Å². The molecule has 1 aromatic rings. The highest BCUT2D eigenvalue weighted by molar-refractivity contribution is 7.89. The molecule has 0 bridgehead atoms. The van der Waals surface area contributed by atoms with Gasteiger partial charge in [0.05, 0.1) is 9.82 Å². The Morgan fingerprint density at radius 1 is 1.33 bits per heavy atom. The molecule has 1 saturated heterocycles. The zero-order chi connectivity index (χ0) is 15.6. The fraction of sp³-hybridized carbons (Fsp3) is 0.538. The fourth-order valence-electron chi connectivity index (χ4n) is 2.50. The van der Waals surface area contributed by atoms with E-state index in [2.05, 4.69) is 5.32 Å². The molecule has 2 rings (SSSR count). The maximum Gasteiger partial charge on any atom is 0.270 e. The van der Waals surface area contributed by atoms with Crippen molar-refractivity contribution in [2.75, 3.05) is 20.1 Å². The number of benzene rings is 1. The number of nitrogens with zero attached hydrogens (tertiary/aromatic N) is 2. The molecule has 1 aromatic carbocycles. The first-order valence-electron chi connectivity index (χ1n) is 6.78. The van der Waals surface area contributed by atoms with Crippen LogP contribution in [0.3, 0.4) is 0 Å². The minimum Gasteiger partial charge on any atom is -0.317 e.